The van der Waals surface area contributed by atoms with Gasteiger partial charge in [-0.05, 0) is 44.4 Å². The maximum atomic E-state index is 12.9. The number of nitrogens with one attached hydrogen (secondary N) is 1. The number of halogens is 1. The third-order valence-corrected chi connectivity index (χ3v) is 6.80. The van der Waals surface area contributed by atoms with Crippen LogP contribution in [-0.4, -0.2) is 26.8 Å². The molecule has 1 aromatic carbocycles. The van der Waals surface area contributed by atoms with Crippen LogP contribution >= 0.6 is 23.4 Å². The molecule has 7 heteroatoms. The van der Waals surface area contributed by atoms with E-state index in [0.717, 1.165) is 18.4 Å². The summed E-state index contributed by atoms with van der Waals surface area (Å²) in [5, 5.41) is 4.05. The fraction of sp³-hybridized carbons (Fsp3) is 0.500. The van der Waals surface area contributed by atoms with Gasteiger partial charge in [-0.3, -0.25) is 14.2 Å². The van der Waals surface area contributed by atoms with Gasteiger partial charge in [0.1, 0.15) is 0 Å². The van der Waals surface area contributed by atoms with Gasteiger partial charge in [-0.15, -0.1) is 0 Å². The standard InChI is InChI=1S/C22H28ClN3O2S/c1-14-19(13-16-8-7-9-17(23)12-16)21(28)26(3)22(24-14)29-15(2)20(27)25-18-10-5-4-6-11-18/h7-9,12,15,18H,4-6,10-11,13H2,1-3H3,(H,25,27). The molecule has 3 rings (SSSR count). The number of carbonyl (C=O) groups excluding carboxylic acids is 1. The Morgan fingerprint density at radius 3 is 2.76 bits per heavy atom. The molecule has 1 aromatic heterocycles. The summed E-state index contributed by atoms with van der Waals surface area (Å²) in [5.41, 5.74) is 2.23. The third kappa shape index (κ3) is 5.64. The highest BCUT2D eigenvalue weighted by Gasteiger charge is 2.22. The van der Waals surface area contributed by atoms with Crippen LogP contribution in [-0.2, 0) is 18.3 Å². The van der Waals surface area contributed by atoms with Crippen LogP contribution in [0.3, 0.4) is 0 Å². The van der Waals surface area contributed by atoms with Crippen molar-refractivity contribution in [1.29, 1.82) is 0 Å². The van der Waals surface area contributed by atoms with E-state index in [1.54, 1.807) is 11.6 Å². The van der Waals surface area contributed by atoms with Gasteiger partial charge in [0.2, 0.25) is 5.91 Å². The molecule has 1 fully saturated rings. The molecule has 1 aliphatic carbocycles. The van der Waals surface area contributed by atoms with Crippen LogP contribution in [0.5, 0.6) is 0 Å². The second-order valence-electron chi connectivity index (χ2n) is 7.73. The van der Waals surface area contributed by atoms with E-state index in [1.807, 2.05) is 38.1 Å². The minimum Gasteiger partial charge on any atom is -0.352 e. The first kappa shape index (κ1) is 21.9. The molecule has 1 atom stereocenters. The van der Waals surface area contributed by atoms with Gasteiger partial charge in [0.05, 0.1) is 5.25 Å². The molecule has 1 saturated carbocycles. The predicted molar refractivity (Wildman–Crippen MR) is 119 cm³/mol. The van der Waals surface area contributed by atoms with Gasteiger partial charge in [-0.1, -0.05) is 54.8 Å². The number of benzene rings is 1. The van der Waals surface area contributed by atoms with E-state index in [1.165, 1.54) is 31.0 Å². The van der Waals surface area contributed by atoms with Crippen molar-refractivity contribution in [3.63, 3.8) is 0 Å². The first-order chi connectivity index (χ1) is 13.8. The van der Waals surface area contributed by atoms with Crippen LogP contribution in [0.2, 0.25) is 5.02 Å². The summed E-state index contributed by atoms with van der Waals surface area (Å²) in [6.07, 6.45) is 6.19. The maximum absolute atomic E-state index is 12.9. The van der Waals surface area contributed by atoms with Crippen molar-refractivity contribution < 1.29 is 4.79 Å². The molecule has 1 unspecified atom stereocenters. The van der Waals surface area contributed by atoms with Gasteiger partial charge in [-0.25, -0.2) is 4.98 Å². The van der Waals surface area contributed by atoms with Gasteiger partial charge >= 0.3 is 0 Å². The lowest BCUT2D eigenvalue weighted by Crippen LogP contribution is -2.40. The molecule has 156 valence electrons. The van der Waals surface area contributed by atoms with Crippen molar-refractivity contribution in [2.45, 2.75) is 68.8 Å². The van der Waals surface area contributed by atoms with Gasteiger partial charge in [-0.2, -0.15) is 0 Å². The zero-order chi connectivity index (χ0) is 21.0. The third-order valence-electron chi connectivity index (χ3n) is 5.42. The summed E-state index contributed by atoms with van der Waals surface area (Å²) in [5.74, 6) is 0.0109. The summed E-state index contributed by atoms with van der Waals surface area (Å²) in [7, 11) is 1.71. The van der Waals surface area contributed by atoms with E-state index in [4.69, 9.17) is 11.6 Å². The summed E-state index contributed by atoms with van der Waals surface area (Å²) in [4.78, 5) is 30.2. The van der Waals surface area contributed by atoms with E-state index in [-0.39, 0.29) is 22.8 Å². The molecular weight excluding hydrogens is 406 g/mol. The molecule has 0 aliphatic heterocycles. The fourth-order valence-corrected chi connectivity index (χ4v) is 4.80. The van der Waals surface area contributed by atoms with Gasteiger partial charge in [0.15, 0.2) is 5.16 Å². The second kappa shape index (κ2) is 9.81. The molecule has 2 aromatic rings. The Morgan fingerprint density at radius 2 is 2.07 bits per heavy atom. The molecule has 1 N–H and O–H groups in total. The van der Waals surface area contributed by atoms with Crippen LogP contribution in [0, 0.1) is 6.92 Å². The number of aryl methyl sites for hydroxylation is 1. The van der Waals surface area contributed by atoms with E-state index in [9.17, 15) is 9.59 Å². The lowest BCUT2D eigenvalue weighted by molar-refractivity contribution is -0.121. The Kier molecular flexibility index (Phi) is 7.41. The highest BCUT2D eigenvalue weighted by atomic mass is 35.5. The second-order valence-corrected chi connectivity index (χ2v) is 9.48. The van der Waals surface area contributed by atoms with Crippen molar-refractivity contribution in [1.82, 2.24) is 14.9 Å². The van der Waals surface area contributed by atoms with Crippen LogP contribution < -0.4 is 10.9 Å². The maximum Gasteiger partial charge on any atom is 0.257 e. The van der Waals surface area contributed by atoms with Crippen LogP contribution in [0.4, 0.5) is 0 Å². The van der Waals surface area contributed by atoms with Gasteiger partial charge < -0.3 is 5.32 Å². The van der Waals surface area contributed by atoms with Crippen molar-refractivity contribution in [3.05, 3.63) is 56.5 Å². The molecule has 29 heavy (non-hydrogen) atoms. The smallest absolute Gasteiger partial charge is 0.257 e. The molecule has 1 heterocycles. The number of hydrogen-bond acceptors (Lipinski definition) is 4. The topological polar surface area (TPSA) is 64.0 Å². The number of carbonyl (C=O) groups is 1. The Balaban J connectivity index is 1.73. The lowest BCUT2D eigenvalue weighted by Gasteiger charge is -2.24. The molecule has 0 spiro atoms. The van der Waals surface area contributed by atoms with Crippen LogP contribution in [0.1, 0.15) is 55.8 Å². The molecule has 5 nitrogen and oxygen atoms in total. The van der Waals surface area contributed by atoms with Crippen LogP contribution in [0.25, 0.3) is 0 Å². The zero-order valence-electron chi connectivity index (χ0n) is 17.2. The SMILES string of the molecule is Cc1nc(SC(C)C(=O)NC2CCCCC2)n(C)c(=O)c1Cc1cccc(Cl)c1. The number of aromatic nitrogens is 2. The van der Waals surface area contributed by atoms with E-state index in [0.29, 0.717) is 27.9 Å². The summed E-state index contributed by atoms with van der Waals surface area (Å²) >= 11 is 7.40. The van der Waals surface area contributed by atoms with Gasteiger partial charge in [0.25, 0.3) is 5.56 Å². The van der Waals surface area contributed by atoms with E-state index in [2.05, 4.69) is 10.3 Å². The minimum atomic E-state index is -0.312. The van der Waals surface area contributed by atoms with Crippen molar-refractivity contribution >= 4 is 29.3 Å². The molecular formula is C22H28ClN3O2S. The fourth-order valence-electron chi connectivity index (χ4n) is 3.67. The predicted octanol–water partition coefficient (Wildman–Crippen LogP) is 4.26. The normalized spacial score (nSPS) is 15.9. The highest BCUT2D eigenvalue weighted by Crippen LogP contribution is 2.23. The molecule has 0 radical (unpaired) electrons. The Bertz CT molecular complexity index is 938. The monoisotopic (exact) mass is 433 g/mol. The average Bonchev–Trinajstić information content (AvgIpc) is 2.70. The molecule has 1 aliphatic rings. The Morgan fingerprint density at radius 1 is 1.34 bits per heavy atom. The summed E-state index contributed by atoms with van der Waals surface area (Å²) in [6.45, 7) is 3.71. The number of thioether (sulfide) groups is 1. The summed E-state index contributed by atoms with van der Waals surface area (Å²) < 4.78 is 1.54. The minimum absolute atomic E-state index is 0.0109. The number of nitrogens with zero attached hydrogens (tertiary/aromatic N) is 2. The number of amides is 1. The highest BCUT2D eigenvalue weighted by molar-refractivity contribution is 8.00. The van der Waals surface area contributed by atoms with E-state index < -0.39 is 0 Å². The number of rotatable bonds is 6. The van der Waals surface area contributed by atoms with Crippen molar-refractivity contribution in [2.75, 3.05) is 0 Å². The Hall–Kier alpha value is -1.79. The van der Waals surface area contributed by atoms with Crippen molar-refractivity contribution in [3.8, 4) is 0 Å². The zero-order valence-corrected chi connectivity index (χ0v) is 18.8. The first-order valence-corrected chi connectivity index (χ1v) is 11.4. The molecule has 0 saturated heterocycles. The molecule has 1 amide bonds. The summed E-state index contributed by atoms with van der Waals surface area (Å²) in [6, 6.07) is 7.78. The first-order valence-electron chi connectivity index (χ1n) is 10.1. The average molecular weight is 434 g/mol. The lowest BCUT2D eigenvalue weighted by atomic mass is 9.95. The largest absolute Gasteiger partial charge is 0.352 e. The Labute approximate surface area is 181 Å². The molecule has 0 bridgehead atoms. The van der Waals surface area contributed by atoms with Crippen molar-refractivity contribution in [2.24, 2.45) is 7.05 Å². The van der Waals surface area contributed by atoms with Gasteiger partial charge in [0, 0.05) is 35.8 Å². The van der Waals surface area contributed by atoms with Crippen LogP contribution in [0.15, 0.2) is 34.2 Å². The quantitative estimate of drug-likeness (QED) is 0.546. The number of hydrogen-bond donors (Lipinski definition) is 1. The van der Waals surface area contributed by atoms with E-state index >= 15 is 0 Å².